The van der Waals surface area contributed by atoms with Crippen LogP contribution in [0.25, 0.3) is 10.9 Å². The van der Waals surface area contributed by atoms with E-state index in [1.54, 1.807) is 31.4 Å². The van der Waals surface area contributed by atoms with Crippen LogP contribution in [0.1, 0.15) is 11.4 Å². The highest BCUT2D eigenvalue weighted by Crippen LogP contribution is 2.21. The Kier molecular flexibility index (Phi) is 5.96. The summed E-state index contributed by atoms with van der Waals surface area (Å²) in [6.45, 7) is 0.811. The van der Waals surface area contributed by atoms with E-state index in [2.05, 4.69) is 4.98 Å². The topological polar surface area (TPSA) is 91.7 Å². The lowest BCUT2D eigenvalue weighted by Gasteiger charge is -2.18. The molecule has 3 aromatic rings. The van der Waals surface area contributed by atoms with E-state index in [0.717, 1.165) is 16.2 Å². The molecule has 0 spiro atoms. The Hall–Kier alpha value is -2.90. The number of carbonyl (C=O) groups excluding carboxylic acids is 1. The normalized spacial score (nSPS) is 12.1. The highest BCUT2D eigenvalue weighted by Gasteiger charge is 2.17. The molecule has 3 N–H and O–H groups in total. The summed E-state index contributed by atoms with van der Waals surface area (Å²) in [5.41, 5.74) is 6.62. The minimum atomic E-state index is -0.588. The lowest BCUT2D eigenvalue weighted by Crippen LogP contribution is -3.06. The number of primary amides is 1. The van der Waals surface area contributed by atoms with Crippen molar-refractivity contribution < 1.29 is 14.4 Å². The van der Waals surface area contributed by atoms with Gasteiger partial charge in [0.05, 0.1) is 25.1 Å². The van der Waals surface area contributed by atoms with E-state index in [1.807, 2.05) is 25.2 Å². The first-order chi connectivity index (χ1) is 13.4. The summed E-state index contributed by atoms with van der Waals surface area (Å²) < 4.78 is 6.75. The summed E-state index contributed by atoms with van der Waals surface area (Å²) in [7, 11) is 3.58. The Balaban J connectivity index is 1.95. The largest absolute Gasteiger partial charge is 0.496 e. The summed E-state index contributed by atoms with van der Waals surface area (Å²) in [6.07, 6.45) is 0. The first-order valence-corrected chi connectivity index (χ1v) is 9.17. The molecular weight excluding hydrogens is 380 g/mol. The highest BCUT2D eigenvalue weighted by atomic mass is 35.5. The van der Waals surface area contributed by atoms with E-state index < -0.39 is 5.91 Å². The summed E-state index contributed by atoms with van der Waals surface area (Å²) in [5.74, 6) is 0.653. The molecular formula is C20H22ClN4O3+. The molecule has 1 aromatic heterocycles. The average Bonchev–Trinajstić information content (AvgIpc) is 2.65. The van der Waals surface area contributed by atoms with Gasteiger partial charge >= 0.3 is 0 Å². The Morgan fingerprint density at radius 3 is 2.71 bits per heavy atom. The van der Waals surface area contributed by atoms with Crippen LogP contribution < -0.4 is 20.9 Å². The fraction of sp³-hybridized carbons (Fsp3) is 0.250. The maximum atomic E-state index is 12.8. The second-order valence-corrected chi connectivity index (χ2v) is 7.11. The smallest absolute Gasteiger partial charge is 0.262 e. The van der Waals surface area contributed by atoms with E-state index in [-0.39, 0.29) is 12.1 Å². The monoisotopic (exact) mass is 401 g/mol. The van der Waals surface area contributed by atoms with Crippen molar-refractivity contribution in [2.45, 2.75) is 19.6 Å². The SMILES string of the molecule is COc1ccc(Cl)cc1C[NH+](C)Cc1nc2ccccc2c(=O)n1CC(N)=O. The lowest BCUT2D eigenvalue weighted by atomic mass is 10.2. The Bertz CT molecular complexity index is 1080. The van der Waals surface area contributed by atoms with Crippen LogP contribution in [0.15, 0.2) is 47.3 Å². The van der Waals surface area contributed by atoms with E-state index in [0.29, 0.717) is 34.8 Å². The van der Waals surface area contributed by atoms with E-state index in [9.17, 15) is 9.59 Å². The van der Waals surface area contributed by atoms with E-state index in [4.69, 9.17) is 22.1 Å². The van der Waals surface area contributed by atoms with Gasteiger partial charge in [0.1, 0.15) is 25.4 Å². The number of nitrogens with one attached hydrogen (secondary N) is 1. The number of halogens is 1. The number of ether oxygens (including phenoxy) is 1. The second kappa shape index (κ2) is 8.41. The number of quaternary nitrogens is 1. The Labute approximate surface area is 167 Å². The molecule has 1 unspecified atom stereocenters. The minimum absolute atomic E-state index is 0.209. The predicted octanol–water partition coefficient (Wildman–Crippen LogP) is 0.759. The molecule has 2 aromatic carbocycles. The molecule has 8 heteroatoms. The van der Waals surface area contributed by atoms with Gasteiger partial charge in [0.2, 0.25) is 5.91 Å². The number of methoxy groups -OCH3 is 1. The molecule has 0 aliphatic carbocycles. The van der Waals surface area contributed by atoms with Crippen molar-refractivity contribution in [1.82, 2.24) is 9.55 Å². The molecule has 0 aliphatic heterocycles. The number of aromatic nitrogens is 2. The number of nitrogens with two attached hydrogens (primary N) is 1. The van der Waals surface area contributed by atoms with E-state index in [1.165, 1.54) is 4.57 Å². The standard InChI is InChI=1S/C20H21ClN4O3/c1-24(10-13-9-14(21)7-8-17(13)28-2)12-19-23-16-6-4-3-5-15(16)20(27)25(19)11-18(22)26/h3-9H,10-12H2,1-2H3,(H2,22,26)/p+1. The number of hydrogen-bond donors (Lipinski definition) is 2. The molecule has 1 atom stereocenters. The first-order valence-electron chi connectivity index (χ1n) is 8.79. The summed E-state index contributed by atoms with van der Waals surface area (Å²) in [6, 6.07) is 12.5. The highest BCUT2D eigenvalue weighted by molar-refractivity contribution is 6.30. The number of para-hydroxylation sites is 1. The first kappa shape index (κ1) is 19.9. The predicted molar refractivity (Wildman–Crippen MR) is 107 cm³/mol. The van der Waals surface area contributed by atoms with Crippen LogP contribution in [0.5, 0.6) is 5.75 Å². The van der Waals surface area contributed by atoms with Gasteiger partial charge in [0.25, 0.3) is 5.56 Å². The van der Waals surface area contributed by atoms with Crippen LogP contribution >= 0.6 is 11.6 Å². The van der Waals surface area contributed by atoms with Crippen LogP contribution in [0.3, 0.4) is 0 Å². The van der Waals surface area contributed by atoms with Gasteiger partial charge in [-0.15, -0.1) is 0 Å². The minimum Gasteiger partial charge on any atom is -0.496 e. The molecule has 3 rings (SSSR count). The zero-order chi connectivity index (χ0) is 20.3. The van der Waals surface area contributed by atoms with Gasteiger partial charge in [-0.2, -0.15) is 0 Å². The van der Waals surface area contributed by atoms with Crippen LogP contribution in [-0.4, -0.2) is 29.6 Å². The van der Waals surface area contributed by atoms with Crippen molar-refractivity contribution in [3.63, 3.8) is 0 Å². The number of fused-ring (bicyclic) bond motifs is 1. The van der Waals surface area contributed by atoms with Crippen molar-refractivity contribution in [3.8, 4) is 5.75 Å². The molecule has 146 valence electrons. The molecule has 0 aliphatic rings. The number of rotatable bonds is 7. The van der Waals surface area contributed by atoms with E-state index >= 15 is 0 Å². The van der Waals surface area contributed by atoms with Crippen molar-refractivity contribution in [1.29, 1.82) is 0 Å². The molecule has 7 nitrogen and oxygen atoms in total. The molecule has 1 heterocycles. The van der Waals surface area contributed by atoms with Crippen molar-refractivity contribution in [3.05, 3.63) is 69.2 Å². The number of benzene rings is 2. The van der Waals surface area contributed by atoms with Crippen molar-refractivity contribution in [2.75, 3.05) is 14.2 Å². The number of carbonyl (C=O) groups is 1. The third-order valence-corrected chi connectivity index (χ3v) is 4.68. The quantitative estimate of drug-likeness (QED) is 0.611. The fourth-order valence-corrected chi connectivity index (χ4v) is 3.41. The molecule has 28 heavy (non-hydrogen) atoms. The number of nitrogens with zero attached hydrogens (tertiary/aromatic N) is 2. The Morgan fingerprint density at radius 1 is 1.25 bits per heavy atom. The van der Waals surface area contributed by atoms with Gasteiger partial charge in [-0.1, -0.05) is 23.7 Å². The third-order valence-electron chi connectivity index (χ3n) is 4.45. The van der Waals surface area contributed by atoms with Crippen LogP contribution in [-0.2, 0) is 24.4 Å². The third kappa shape index (κ3) is 4.32. The summed E-state index contributed by atoms with van der Waals surface area (Å²) in [5, 5.41) is 1.08. The molecule has 0 saturated heterocycles. The average molecular weight is 402 g/mol. The molecule has 0 saturated carbocycles. The van der Waals surface area contributed by atoms with Gasteiger partial charge in [0, 0.05) is 10.6 Å². The molecule has 1 amide bonds. The van der Waals surface area contributed by atoms with Crippen LogP contribution in [0.2, 0.25) is 5.02 Å². The summed E-state index contributed by atoms with van der Waals surface area (Å²) >= 11 is 6.11. The zero-order valence-electron chi connectivity index (χ0n) is 15.7. The van der Waals surface area contributed by atoms with Crippen LogP contribution in [0.4, 0.5) is 0 Å². The van der Waals surface area contributed by atoms with Crippen molar-refractivity contribution in [2.24, 2.45) is 5.73 Å². The van der Waals surface area contributed by atoms with Gasteiger partial charge in [-0.25, -0.2) is 4.98 Å². The Morgan fingerprint density at radius 2 is 2.00 bits per heavy atom. The van der Waals surface area contributed by atoms with Gasteiger partial charge in [-0.05, 0) is 30.3 Å². The zero-order valence-corrected chi connectivity index (χ0v) is 16.5. The maximum absolute atomic E-state index is 12.8. The molecule has 0 bridgehead atoms. The maximum Gasteiger partial charge on any atom is 0.262 e. The molecule has 0 fully saturated rings. The number of hydrogen-bond acceptors (Lipinski definition) is 4. The van der Waals surface area contributed by atoms with Crippen molar-refractivity contribution >= 4 is 28.4 Å². The van der Waals surface area contributed by atoms with Gasteiger partial charge in [0.15, 0.2) is 5.82 Å². The van der Waals surface area contributed by atoms with Gasteiger partial charge < -0.3 is 15.4 Å². The lowest BCUT2D eigenvalue weighted by molar-refractivity contribution is -0.908. The molecule has 0 radical (unpaired) electrons. The second-order valence-electron chi connectivity index (χ2n) is 6.67. The van der Waals surface area contributed by atoms with Crippen LogP contribution in [0, 0.1) is 0 Å². The fourth-order valence-electron chi connectivity index (χ4n) is 3.21. The summed E-state index contributed by atoms with van der Waals surface area (Å²) in [4.78, 5) is 30.0. The van der Waals surface area contributed by atoms with Gasteiger partial charge in [-0.3, -0.25) is 14.2 Å². The number of amides is 1.